The van der Waals surface area contributed by atoms with Crippen molar-refractivity contribution in [1.29, 1.82) is 0 Å². The predicted molar refractivity (Wildman–Crippen MR) is 61.1 cm³/mol. The molecule has 0 saturated heterocycles. The van der Waals surface area contributed by atoms with Gasteiger partial charge in [-0.1, -0.05) is 0 Å². The van der Waals surface area contributed by atoms with Gasteiger partial charge in [-0.15, -0.1) is 0 Å². The van der Waals surface area contributed by atoms with E-state index in [2.05, 4.69) is 21.2 Å². The molecule has 1 aromatic rings. The maximum absolute atomic E-state index is 5.17. The molecule has 78 valence electrons. The van der Waals surface area contributed by atoms with E-state index in [4.69, 9.17) is 9.47 Å². The van der Waals surface area contributed by atoms with Crippen molar-refractivity contribution in [2.75, 3.05) is 32.7 Å². The molecule has 0 aliphatic carbocycles. The van der Waals surface area contributed by atoms with Gasteiger partial charge in [0.05, 0.1) is 18.2 Å². The van der Waals surface area contributed by atoms with E-state index >= 15 is 0 Å². The SMILES string of the molecule is COCCNc1ccc(Br)c(OC)c1. The molecule has 0 heterocycles. The van der Waals surface area contributed by atoms with Crippen LogP contribution >= 0.6 is 15.9 Å². The van der Waals surface area contributed by atoms with Crippen molar-refractivity contribution < 1.29 is 9.47 Å². The van der Waals surface area contributed by atoms with Gasteiger partial charge in [0.25, 0.3) is 0 Å². The number of methoxy groups -OCH3 is 2. The van der Waals surface area contributed by atoms with E-state index in [-0.39, 0.29) is 0 Å². The second-order valence-corrected chi connectivity index (χ2v) is 3.62. The van der Waals surface area contributed by atoms with E-state index in [1.54, 1.807) is 14.2 Å². The van der Waals surface area contributed by atoms with Gasteiger partial charge in [0.2, 0.25) is 0 Å². The van der Waals surface area contributed by atoms with Crippen molar-refractivity contribution >= 4 is 21.6 Å². The standard InChI is InChI=1S/C10H14BrNO2/c1-13-6-5-12-8-3-4-9(11)10(7-8)14-2/h3-4,7,12H,5-6H2,1-2H3. The zero-order chi connectivity index (χ0) is 10.4. The normalized spacial score (nSPS) is 9.93. The van der Waals surface area contributed by atoms with Crippen LogP contribution in [0.4, 0.5) is 5.69 Å². The molecular formula is C10H14BrNO2. The number of ether oxygens (including phenoxy) is 2. The molecule has 4 heteroatoms. The molecule has 1 N–H and O–H groups in total. The zero-order valence-electron chi connectivity index (χ0n) is 8.34. The molecular weight excluding hydrogens is 246 g/mol. The minimum Gasteiger partial charge on any atom is -0.495 e. The molecule has 0 saturated carbocycles. The monoisotopic (exact) mass is 259 g/mol. The number of halogens is 1. The Balaban J connectivity index is 2.60. The Morgan fingerprint density at radius 1 is 1.36 bits per heavy atom. The van der Waals surface area contributed by atoms with Crippen LogP contribution < -0.4 is 10.1 Å². The largest absolute Gasteiger partial charge is 0.495 e. The fraction of sp³-hybridized carbons (Fsp3) is 0.400. The van der Waals surface area contributed by atoms with Gasteiger partial charge in [-0.25, -0.2) is 0 Å². The van der Waals surface area contributed by atoms with E-state index in [1.807, 2.05) is 18.2 Å². The van der Waals surface area contributed by atoms with Gasteiger partial charge in [-0.05, 0) is 28.1 Å². The summed E-state index contributed by atoms with van der Waals surface area (Å²) in [5.74, 6) is 0.826. The van der Waals surface area contributed by atoms with E-state index in [0.29, 0.717) is 6.61 Å². The van der Waals surface area contributed by atoms with Crippen molar-refractivity contribution in [2.24, 2.45) is 0 Å². The topological polar surface area (TPSA) is 30.5 Å². The lowest BCUT2D eigenvalue weighted by Gasteiger charge is -2.08. The highest BCUT2D eigenvalue weighted by Gasteiger charge is 2.00. The number of rotatable bonds is 5. The van der Waals surface area contributed by atoms with Gasteiger partial charge in [0.1, 0.15) is 5.75 Å². The van der Waals surface area contributed by atoms with Crippen LogP contribution in [0.3, 0.4) is 0 Å². The average molecular weight is 260 g/mol. The van der Waals surface area contributed by atoms with Gasteiger partial charge in [0, 0.05) is 25.4 Å². The Morgan fingerprint density at radius 2 is 2.14 bits per heavy atom. The van der Waals surface area contributed by atoms with Crippen LogP contribution in [0.1, 0.15) is 0 Å². The molecule has 0 amide bonds. The molecule has 1 aromatic carbocycles. The summed E-state index contributed by atoms with van der Waals surface area (Å²) in [5, 5.41) is 3.22. The summed E-state index contributed by atoms with van der Waals surface area (Å²) in [6.07, 6.45) is 0. The van der Waals surface area contributed by atoms with Crippen LogP contribution in [0.25, 0.3) is 0 Å². The minimum absolute atomic E-state index is 0.693. The van der Waals surface area contributed by atoms with Gasteiger partial charge in [-0.2, -0.15) is 0 Å². The first kappa shape index (κ1) is 11.3. The third-order valence-corrected chi connectivity index (χ3v) is 2.44. The summed E-state index contributed by atoms with van der Waals surface area (Å²) in [5.41, 5.74) is 1.03. The lowest BCUT2D eigenvalue weighted by Crippen LogP contribution is -2.07. The molecule has 14 heavy (non-hydrogen) atoms. The first-order chi connectivity index (χ1) is 6.77. The molecule has 0 unspecified atom stereocenters. The summed E-state index contributed by atoms with van der Waals surface area (Å²) >= 11 is 3.39. The Labute approximate surface area is 92.5 Å². The average Bonchev–Trinajstić information content (AvgIpc) is 2.21. The van der Waals surface area contributed by atoms with Crippen LogP contribution in [0.15, 0.2) is 22.7 Å². The Morgan fingerprint density at radius 3 is 2.79 bits per heavy atom. The highest BCUT2D eigenvalue weighted by atomic mass is 79.9. The van der Waals surface area contributed by atoms with E-state index in [9.17, 15) is 0 Å². The first-order valence-electron chi connectivity index (χ1n) is 4.34. The van der Waals surface area contributed by atoms with Crippen LogP contribution in [-0.2, 0) is 4.74 Å². The maximum atomic E-state index is 5.17. The second-order valence-electron chi connectivity index (χ2n) is 2.77. The quantitative estimate of drug-likeness (QED) is 0.825. The Hall–Kier alpha value is -0.740. The van der Waals surface area contributed by atoms with Crippen LogP contribution in [0.5, 0.6) is 5.75 Å². The lowest BCUT2D eigenvalue weighted by atomic mass is 10.3. The van der Waals surface area contributed by atoms with E-state index < -0.39 is 0 Å². The lowest BCUT2D eigenvalue weighted by molar-refractivity contribution is 0.211. The van der Waals surface area contributed by atoms with E-state index in [1.165, 1.54) is 0 Å². The molecule has 0 bridgehead atoms. The number of benzene rings is 1. The van der Waals surface area contributed by atoms with Crippen molar-refractivity contribution in [3.05, 3.63) is 22.7 Å². The number of hydrogen-bond acceptors (Lipinski definition) is 3. The van der Waals surface area contributed by atoms with Gasteiger partial charge < -0.3 is 14.8 Å². The molecule has 0 spiro atoms. The van der Waals surface area contributed by atoms with Gasteiger partial charge in [-0.3, -0.25) is 0 Å². The molecule has 0 aromatic heterocycles. The third-order valence-electron chi connectivity index (χ3n) is 1.79. The summed E-state index contributed by atoms with van der Waals surface area (Å²) in [6.45, 7) is 1.49. The number of nitrogens with one attached hydrogen (secondary N) is 1. The molecule has 0 aliphatic heterocycles. The second kappa shape index (κ2) is 5.88. The van der Waals surface area contributed by atoms with Crippen LogP contribution in [-0.4, -0.2) is 27.4 Å². The Kier molecular flexibility index (Phi) is 4.76. The van der Waals surface area contributed by atoms with Crippen molar-refractivity contribution in [3.8, 4) is 5.75 Å². The molecule has 0 radical (unpaired) electrons. The molecule has 0 fully saturated rings. The predicted octanol–water partition coefficient (Wildman–Crippen LogP) is 2.52. The highest BCUT2D eigenvalue weighted by Crippen LogP contribution is 2.27. The molecule has 3 nitrogen and oxygen atoms in total. The first-order valence-corrected chi connectivity index (χ1v) is 5.13. The van der Waals surface area contributed by atoms with Gasteiger partial charge >= 0.3 is 0 Å². The van der Waals surface area contributed by atoms with Crippen molar-refractivity contribution in [1.82, 2.24) is 0 Å². The molecule has 0 atom stereocenters. The number of anilines is 1. The summed E-state index contributed by atoms with van der Waals surface area (Å²) in [4.78, 5) is 0. The molecule has 0 aliphatic rings. The van der Waals surface area contributed by atoms with E-state index in [0.717, 1.165) is 22.5 Å². The summed E-state index contributed by atoms with van der Waals surface area (Å²) in [7, 11) is 3.34. The van der Waals surface area contributed by atoms with Crippen LogP contribution in [0, 0.1) is 0 Å². The Bertz CT molecular complexity index is 291. The summed E-state index contributed by atoms with van der Waals surface area (Å²) < 4.78 is 11.1. The van der Waals surface area contributed by atoms with Crippen molar-refractivity contribution in [3.63, 3.8) is 0 Å². The highest BCUT2D eigenvalue weighted by molar-refractivity contribution is 9.10. The van der Waals surface area contributed by atoms with Gasteiger partial charge in [0.15, 0.2) is 0 Å². The smallest absolute Gasteiger partial charge is 0.135 e. The third kappa shape index (κ3) is 3.20. The summed E-state index contributed by atoms with van der Waals surface area (Å²) in [6, 6.07) is 5.88. The molecule has 1 rings (SSSR count). The fourth-order valence-electron chi connectivity index (χ4n) is 1.07. The minimum atomic E-state index is 0.693. The number of hydrogen-bond donors (Lipinski definition) is 1. The van der Waals surface area contributed by atoms with Crippen molar-refractivity contribution in [2.45, 2.75) is 0 Å². The fourth-order valence-corrected chi connectivity index (χ4v) is 1.48. The zero-order valence-corrected chi connectivity index (χ0v) is 9.93. The maximum Gasteiger partial charge on any atom is 0.135 e. The van der Waals surface area contributed by atoms with Crippen LogP contribution in [0.2, 0.25) is 0 Å².